The lowest BCUT2D eigenvalue weighted by Gasteiger charge is -2.58. The van der Waals surface area contributed by atoms with Gasteiger partial charge in [-0.15, -0.1) is 6.42 Å². The summed E-state index contributed by atoms with van der Waals surface area (Å²) in [7, 11) is 0. The van der Waals surface area contributed by atoms with Crippen LogP contribution in [0.25, 0.3) is 0 Å². The maximum atomic E-state index is 11.0. The first-order chi connectivity index (χ1) is 10.4. The lowest BCUT2D eigenvalue weighted by Crippen LogP contribution is -2.53. The van der Waals surface area contributed by atoms with Crippen LogP contribution < -0.4 is 0 Å². The fourth-order valence-corrected chi connectivity index (χ4v) is 6.95. The Morgan fingerprint density at radius 2 is 1.91 bits per heavy atom. The van der Waals surface area contributed by atoms with Crippen LogP contribution in [0.4, 0.5) is 0 Å². The molecule has 22 heavy (non-hydrogen) atoms. The minimum Gasteiger partial charge on any atom is -0.377 e. The molecule has 4 aliphatic carbocycles. The third kappa shape index (κ3) is 1.66. The number of hydrogen-bond donors (Lipinski definition) is 1. The van der Waals surface area contributed by atoms with E-state index in [9.17, 15) is 5.11 Å². The van der Waals surface area contributed by atoms with Crippen LogP contribution in [0.5, 0.6) is 0 Å². The number of fused-ring (bicyclic) bond motifs is 5. The van der Waals surface area contributed by atoms with E-state index in [2.05, 4.69) is 25.8 Å². The van der Waals surface area contributed by atoms with Crippen LogP contribution in [0.15, 0.2) is 11.6 Å². The predicted molar refractivity (Wildman–Crippen MR) is 90.1 cm³/mol. The van der Waals surface area contributed by atoms with E-state index in [1.54, 1.807) is 5.57 Å². The second-order valence-electron chi connectivity index (χ2n) is 8.97. The zero-order chi connectivity index (χ0) is 15.6. The summed E-state index contributed by atoms with van der Waals surface area (Å²) in [6.07, 6.45) is 19.4. The highest BCUT2D eigenvalue weighted by molar-refractivity contribution is 5.28. The molecule has 0 aliphatic heterocycles. The van der Waals surface area contributed by atoms with E-state index in [0.717, 1.165) is 31.1 Å². The Morgan fingerprint density at radius 1 is 1.14 bits per heavy atom. The molecular formula is C21H30O. The van der Waals surface area contributed by atoms with Gasteiger partial charge in [0.05, 0.1) is 0 Å². The molecule has 4 rings (SSSR count). The largest absolute Gasteiger partial charge is 0.377 e. The van der Waals surface area contributed by atoms with E-state index in [4.69, 9.17) is 6.42 Å². The maximum Gasteiger partial charge on any atom is 0.130 e. The summed E-state index contributed by atoms with van der Waals surface area (Å²) in [6.45, 7) is 4.82. The van der Waals surface area contributed by atoms with Gasteiger partial charge in [0, 0.05) is 5.41 Å². The van der Waals surface area contributed by atoms with Crippen molar-refractivity contribution in [2.24, 2.45) is 28.6 Å². The number of terminal acetylenes is 1. The van der Waals surface area contributed by atoms with Gasteiger partial charge in [-0.25, -0.2) is 0 Å². The molecule has 120 valence electrons. The Hall–Kier alpha value is -0.740. The molecule has 3 fully saturated rings. The van der Waals surface area contributed by atoms with Crippen LogP contribution in [0, 0.1) is 40.9 Å². The summed E-state index contributed by atoms with van der Waals surface area (Å²) in [6, 6.07) is 0. The molecule has 3 saturated carbocycles. The summed E-state index contributed by atoms with van der Waals surface area (Å²) >= 11 is 0. The molecule has 1 heteroatoms. The van der Waals surface area contributed by atoms with E-state index in [1.165, 1.54) is 38.5 Å². The molecule has 1 N–H and O–H groups in total. The molecule has 0 bridgehead atoms. The fraction of sp³-hybridized carbons (Fsp3) is 0.810. The van der Waals surface area contributed by atoms with E-state index < -0.39 is 5.60 Å². The third-order valence-corrected chi connectivity index (χ3v) is 8.41. The van der Waals surface area contributed by atoms with Crippen molar-refractivity contribution >= 4 is 0 Å². The quantitative estimate of drug-likeness (QED) is 0.507. The third-order valence-electron chi connectivity index (χ3n) is 8.41. The Balaban J connectivity index is 1.71. The van der Waals surface area contributed by atoms with Gasteiger partial charge >= 0.3 is 0 Å². The minimum atomic E-state index is -0.861. The molecule has 0 aromatic heterocycles. The number of rotatable bonds is 0. The Bertz CT molecular complexity index is 555. The van der Waals surface area contributed by atoms with Gasteiger partial charge in [0.1, 0.15) is 5.60 Å². The second kappa shape index (κ2) is 4.64. The molecule has 6 atom stereocenters. The van der Waals surface area contributed by atoms with Crippen molar-refractivity contribution in [3.63, 3.8) is 0 Å². The molecule has 0 radical (unpaired) electrons. The van der Waals surface area contributed by atoms with Crippen LogP contribution in [-0.2, 0) is 0 Å². The van der Waals surface area contributed by atoms with Crippen LogP contribution in [0.2, 0.25) is 0 Å². The first-order valence-electron chi connectivity index (χ1n) is 9.34. The highest BCUT2D eigenvalue weighted by Crippen LogP contribution is 2.66. The molecule has 0 amide bonds. The highest BCUT2D eigenvalue weighted by Gasteiger charge is 2.63. The monoisotopic (exact) mass is 298 g/mol. The Kier molecular flexibility index (Phi) is 3.12. The fourth-order valence-electron chi connectivity index (χ4n) is 6.95. The standard InChI is InChI=1S/C21H30O/c1-4-21(22)14-11-18-16-9-8-15-7-5-6-12-19(15,2)17(16)10-13-20(18,21)3/h1,8,16-18,22H,5-7,9-14H2,2-3H3/t16-,17-,18+,19+,20+,21?/m1/s1. The molecule has 0 spiro atoms. The molecular weight excluding hydrogens is 268 g/mol. The zero-order valence-corrected chi connectivity index (χ0v) is 14.2. The summed E-state index contributed by atoms with van der Waals surface area (Å²) in [5, 5.41) is 11.0. The average Bonchev–Trinajstić information content (AvgIpc) is 2.79. The molecule has 0 saturated heterocycles. The Morgan fingerprint density at radius 3 is 2.68 bits per heavy atom. The first-order valence-corrected chi connectivity index (χ1v) is 9.34. The van der Waals surface area contributed by atoms with Crippen molar-refractivity contribution in [2.75, 3.05) is 0 Å². The second-order valence-corrected chi connectivity index (χ2v) is 8.97. The highest BCUT2D eigenvalue weighted by atomic mass is 16.3. The van der Waals surface area contributed by atoms with Gasteiger partial charge in [0.25, 0.3) is 0 Å². The summed E-state index contributed by atoms with van der Waals surface area (Å²) in [4.78, 5) is 0. The molecule has 0 heterocycles. The molecule has 0 aromatic rings. The van der Waals surface area contributed by atoms with Gasteiger partial charge in [-0.3, -0.25) is 0 Å². The van der Waals surface area contributed by atoms with Crippen molar-refractivity contribution in [1.29, 1.82) is 0 Å². The van der Waals surface area contributed by atoms with E-state index in [1.807, 2.05) is 0 Å². The van der Waals surface area contributed by atoms with Gasteiger partial charge in [-0.2, -0.15) is 0 Å². The molecule has 0 aromatic carbocycles. The van der Waals surface area contributed by atoms with E-state index in [0.29, 0.717) is 11.3 Å². The zero-order valence-electron chi connectivity index (χ0n) is 14.2. The normalized spacial score (nSPS) is 53.7. The van der Waals surface area contributed by atoms with Crippen molar-refractivity contribution in [2.45, 2.75) is 77.2 Å². The molecule has 4 aliphatic rings. The Labute approximate surface area is 135 Å². The van der Waals surface area contributed by atoms with Crippen LogP contribution in [0.1, 0.15) is 71.6 Å². The van der Waals surface area contributed by atoms with Crippen LogP contribution in [-0.4, -0.2) is 10.7 Å². The van der Waals surface area contributed by atoms with Crippen LogP contribution in [0.3, 0.4) is 0 Å². The van der Waals surface area contributed by atoms with Crippen molar-refractivity contribution in [3.05, 3.63) is 11.6 Å². The van der Waals surface area contributed by atoms with Crippen molar-refractivity contribution in [1.82, 2.24) is 0 Å². The van der Waals surface area contributed by atoms with Gasteiger partial charge in [0.15, 0.2) is 0 Å². The number of hydrogen-bond acceptors (Lipinski definition) is 1. The summed E-state index contributed by atoms with van der Waals surface area (Å²) < 4.78 is 0. The van der Waals surface area contributed by atoms with E-state index in [-0.39, 0.29) is 5.41 Å². The SMILES string of the molecule is C#CC1(O)CC[C@H]2[C@@H]3CC=C4CCCC[C@]4(C)[C@@H]3CC[C@@]21C. The predicted octanol–water partition coefficient (Wildman–Crippen LogP) is 4.70. The van der Waals surface area contributed by atoms with Gasteiger partial charge < -0.3 is 5.11 Å². The molecule has 1 unspecified atom stereocenters. The average molecular weight is 298 g/mol. The lowest BCUT2D eigenvalue weighted by molar-refractivity contribution is -0.0941. The summed E-state index contributed by atoms with van der Waals surface area (Å²) in [5.74, 6) is 4.96. The van der Waals surface area contributed by atoms with Gasteiger partial charge in [-0.1, -0.05) is 37.8 Å². The number of aliphatic hydroxyl groups is 1. The van der Waals surface area contributed by atoms with Gasteiger partial charge in [0.2, 0.25) is 0 Å². The maximum absolute atomic E-state index is 11.0. The van der Waals surface area contributed by atoms with Crippen molar-refractivity contribution < 1.29 is 5.11 Å². The lowest BCUT2D eigenvalue weighted by atomic mass is 9.47. The van der Waals surface area contributed by atoms with E-state index >= 15 is 0 Å². The van der Waals surface area contributed by atoms with Crippen molar-refractivity contribution in [3.8, 4) is 12.3 Å². The topological polar surface area (TPSA) is 20.2 Å². The van der Waals surface area contributed by atoms with Gasteiger partial charge in [-0.05, 0) is 74.5 Å². The first kappa shape index (κ1) is 14.8. The van der Waals surface area contributed by atoms with Crippen LogP contribution >= 0.6 is 0 Å². The number of allylic oxidation sites excluding steroid dienone is 2. The summed E-state index contributed by atoms with van der Waals surface area (Å²) in [5.41, 5.74) is 1.28. The molecule has 1 nitrogen and oxygen atoms in total. The smallest absolute Gasteiger partial charge is 0.130 e. The minimum absolute atomic E-state index is 0.0563.